The van der Waals surface area contributed by atoms with E-state index in [0.717, 1.165) is 5.57 Å². The number of nitrogen functional groups attached to an aromatic ring is 1. The Hall–Kier alpha value is -4.27. The first-order chi connectivity index (χ1) is 16.9. The minimum Gasteiger partial charge on any atom is -0.478 e. The maximum atomic E-state index is 15.3. The van der Waals surface area contributed by atoms with Gasteiger partial charge in [0.1, 0.15) is 35.2 Å². The van der Waals surface area contributed by atoms with Gasteiger partial charge in [0.15, 0.2) is 5.65 Å². The van der Waals surface area contributed by atoms with Crippen LogP contribution in [-0.4, -0.2) is 30.8 Å². The number of ether oxygens (including phenoxy) is 1. The molecule has 2 aromatic carbocycles. The van der Waals surface area contributed by atoms with Crippen LogP contribution >= 0.6 is 0 Å². The first-order valence-corrected chi connectivity index (χ1v) is 11.4. The molecule has 8 nitrogen and oxygen atoms in total. The normalized spacial score (nSPS) is 15.8. The van der Waals surface area contributed by atoms with Gasteiger partial charge in [-0.3, -0.25) is 0 Å². The number of hydrogen-bond acceptors (Lipinski definition) is 6. The molecule has 1 aliphatic carbocycles. The average Bonchev–Trinajstić information content (AvgIpc) is 3.25. The van der Waals surface area contributed by atoms with Crippen LogP contribution in [-0.2, 0) is 4.79 Å². The van der Waals surface area contributed by atoms with Crippen molar-refractivity contribution < 1.29 is 19.0 Å². The van der Waals surface area contributed by atoms with Gasteiger partial charge in [-0.2, -0.15) is 5.10 Å². The second-order valence-electron chi connectivity index (χ2n) is 8.57. The number of benzene rings is 2. The number of anilines is 1. The summed E-state index contributed by atoms with van der Waals surface area (Å²) in [4.78, 5) is 19.8. The fraction of sp³-hybridized carbons (Fsp3) is 0.231. The number of carboxylic acids is 1. The zero-order chi connectivity index (χ0) is 24.5. The minimum atomic E-state index is -0.888. The summed E-state index contributed by atoms with van der Waals surface area (Å²) >= 11 is 0. The summed E-state index contributed by atoms with van der Waals surface area (Å²) in [5.74, 6) is -0.194. The topological polar surface area (TPSA) is 116 Å². The molecule has 3 N–H and O–H groups in total. The van der Waals surface area contributed by atoms with Crippen molar-refractivity contribution in [2.75, 3.05) is 5.73 Å². The SMILES string of the molecule is CC(C(=O)O)=C1CCC(n2nc(-c3ccc(Oc4ccccc4)cc3F)c3c(N)ncnc32)CC1. The number of carbonyl (C=O) groups is 1. The Labute approximate surface area is 200 Å². The lowest BCUT2D eigenvalue weighted by Crippen LogP contribution is -2.17. The van der Waals surface area contributed by atoms with Crippen LogP contribution in [0.3, 0.4) is 0 Å². The van der Waals surface area contributed by atoms with E-state index in [0.29, 0.717) is 59.5 Å². The number of aliphatic carboxylic acids is 1. The van der Waals surface area contributed by atoms with Crippen molar-refractivity contribution in [1.82, 2.24) is 19.7 Å². The molecule has 0 atom stereocenters. The van der Waals surface area contributed by atoms with Gasteiger partial charge in [-0.05, 0) is 56.9 Å². The summed E-state index contributed by atoms with van der Waals surface area (Å²) in [7, 11) is 0. The van der Waals surface area contributed by atoms with Gasteiger partial charge >= 0.3 is 5.97 Å². The van der Waals surface area contributed by atoms with Crippen LogP contribution in [0.4, 0.5) is 10.2 Å². The molecule has 0 saturated heterocycles. The van der Waals surface area contributed by atoms with E-state index in [1.54, 1.807) is 35.9 Å². The molecule has 178 valence electrons. The number of nitrogens with zero attached hydrogens (tertiary/aromatic N) is 4. The quantitative estimate of drug-likeness (QED) is 0.366. The lowest BCUT2D eigenvalue weighted by Gasteiger charge is -2.25. The van der Waals surface area contributed by atoms with Crippen molar-refractivity contribution in [2.24, 2.45) is 0 Å². The molecule has 2 heterocycles. The molecule has 0 aliphatic heterocycles. The standard InChI is InChI=1S/C26H24FN5O3/c1-15(26(33)34)16-7-9-17(10-8-16)32-25-22(24(28)29-14-30-25)23(31-32)20-12-11-19(13-21(20)27)35-18-5-3-2-4-6-18/h2-6,11-14,17H,7-10H2,1H3,(H,33,34)(H2,28,29,30). The van der Waals surface area contributed by atoms with Gasteiger partial charge in [-0.1, -0.05) is 23.8 Å². The second kappa shape index (κ2) is 9.17. The predicted octanol–water partition coefficient (Wildman–Crippen LogP) is 5.52. The summed E-state index contributed by atoms with van der Waals surface area (Å²) in [5.41, 5.74) is 8.71. The molecular weight excluding hydrogens is 449 g/mol. The Balaban J connectivity index is 1.50. The van der Waals surface area contributed by atoms with Crippen molar-refractivity contribution in [2.45, 2.75) is 38.6 Å². The third-order valence-corrected chi connectivity index (χ3v) is 6.45. The van der Waals surface area contributed by atoms with Gasteiger partial charge in [0.05, 0.1) is 11.4 Å². The third kappa shape index (κ3) is 4.32. The largest absolute Gasteiger partial charge is 0.478 e. The molecule has 35 heavy (non-hydrogen) atoms. The highest BCUT2D eigenvalue weighted by molar-refractivity contribution is 5.98. The third-order valence-electron chi connectivity index (χ3n) is 6.45. The molecule has 9 heteroatoms. The van der Waals surface area contributed by atoms with Crippen LogP contribution in [0, 0.1) is 5.82 Å². The number of fused-ring (bicyclic) bond motifs is 1. The zero-order valence-electron chi connectivity index (χ0n) is 19.1. The zero-order valence-corrected chi connectivity index (χ0v) is 19.1. The first-order valence-electron chi connectivity index (χ1n) is 11.4. The number of rotatable bonds is 5. The van der Waals surface area contributed by atoms with Gasteiger partial charge < -0.3 is 15.6 Å². The predicted molar refractivity (Wildman–Crippen MR) is 129 cm³/mol. The smallest absolute Gasteiger partial charge is 0.331 e. The van der Waals surface area contributed by atoms with Crippen LogP contribution in [0.5, 0.6) is 11.5 Å². The molecular formula is C26H24FN5O3. The summed E-state index contributed by atoms with van der Waals surface area (Å²) in [5, 5.41) is 14.5. The molecule has 2 aromatic heterocycles. The summed E-state index contributed by atoms with van der Waals surface area (Å²) in [6, 6.07) is 13.7. The summed E-state index contributed by atoms with van der Waals surface area (Å²) in [6.45, 7) is 1.64. The van der Waals surface area contributed by atoms with Gasteiger partial charge in [0, 0.05) is 17.2 Å². The lowest BCUT2D eigenvalue weighted by atomic mass is 9.88. The highest BCUT2D eigenvalue weighted by Gasteiger charge is 2.27. The molecule has 5 rings (SSSR count). The average molecular weight is 474 g/mol. The fourth-order valence-electron chi connectivity index (χ4n) is 4.54. The van der Waals surface area contributed by atoms with Crippen molar-refractivity contribution in [3.8, 4) is 22.8 Å². The molecule has 1 fully saturated rings. The summed E-state index contributed by atoms with van der Waals surface area (Å²) in [6.07, 6.45) is 4.08. The van der Waals surface area contributed by atoms with Crippen molar-refractivity contribution in [1.29, 1.82) is 0 Å². The molecule has 0 unspecified atom stereocenters. The van der Waals surface area contributed by atoms with E-state index >= 15 is 4.39 Å². The van der Waals surface area contributed by atoms with Gasteiger partial charge in [-0.15, -0.1) is 0 Å². The van der Waals surface area contributed by atoms with Crippen LogP contribution in [0.1, 0.15) is 38.6 Å². The van der Waals surface area contributed by atoms with Gasteiger partial charge in [0.25, 0.3) is 0 Å². The molecule has 0 radical (unpaired) electrons. The van der Waals surface area contributed by atoms with Crippen LogP contribution < -0.4 is 10.5 Å². The van der Waals surface area contributed by atoms with E-state index in [1.807, 2.05) is 18.2 Å². The van der Waals surface area contributed by atoms with Crippen LogP contribution in [0.15, 0.2) is 66.0 Å². The number of nitrogens with two attached hydrogens (primary N) is 1. The Morgan fingerprint density at radius 3 is 2.54 bits per heavy atom. The monoisotopic (exact) mass is 473 g/mol. The minimum absolute atomic E-state index is 0.0188. The molecule has 0 spiro atoms. The maximum Gasteiger partial charge on any atom is 0.331 e. The van der Waals surface area contributed by atoms with Crippen LogP contribution in [0.2, 0.25) is 0 Å². The molecule has 0 amide bonds. The highest BCUT2D eigenvalue weighted by atomic mass is 19.1. The molecule has 1 aliphatic rings. The van der Waals surface area contributed by atoms with E-state index in [4.69, 9.17) is 15.6 Å². The van der Waals surface area contributed by atoms with Crippen molar-refractivity contribution in [3.63, 3.8) is 0 Å². The fourth-order valence-corrected chi connectivity index (χ4v) is 4.54. The van der Waals surface area contributed by atoms with Crippen molar-refractivity contribution in [3.05, 3.63) is 71.8 Å². The molecule has 4 aromatic rings. The Kier molecular flexibility index (Phi) is 5.90. The Morgan fingerprint density at radius 2 is 1.86 bits per heavy atom. The number of aromatic nitrogens is 4. The first kappa shape index (κ1) is 22.5. The number of allylic oxidation sites excluding steroid dienone is 1. The number of hydrogen-bond donors (Lipinski definition) is 2. The molecule has 0 bridgehead atoms. The van der Waals surface area contributed by atoms with Gasteiger partial charge in [-0.25, -0.2) is 23.8 Å². The Morgan fingerprint density at radius 1 is 1.11 bits per heavy atom. The van der Waals surface area contributed by atoms with Crippen LogP contribution in [0.25, 0.3) is 22.3 Å². The van der Waals surface area contributed by atoms with E-state index < -0.39 is 11.8 Å². The van der Waals surface area contributed by atoms with E-state index in [2.05, 4.69) is 9.97 Å². The number of halogens is 1. The van der Waals surface area contributed by atoms with E-state index in [9.17, 15) is 9.90 Å². The number of para-hydroxylation sites is 1. The van der Waals surface area contributed by atoms with Crippen molar-refractivity contribution >= 4 is 22.8 Å². The van der Waals surface area contributed by atoms with Gasteiger partial charge in [0.2, 0.25) is 0 Å². The second-order valence-corrected chi connectivity index (χ2v) is 8.57. The van der Waals surface area contributed by atoms with E-state index in [1.165, 1.54) is 12.4 Å². The Bertz CT molecular complexity index is 1440. The molecule has 1 saturated carbocycles. The lowest BCUT2D eigenvalue weighted by molar-refractivity contribution is -0.132. The van der Waals surface area contributed by atoms with E-state index in [-0.39, 0.29) is 17.4 Å². The number of carboxylic acid groups (broad SMARTS) is 1. The summed E-state index contributed by atoms with van der Waals surface area (Å²) < 4.78 is 22.8. The highest BCUT2D eigenvalue weighted by Crippen LogP contribution is 2.39. The maximum absolute atomic E-state index is 15.3.